The molecule has 6 heteroatoms. The van der Waals surface area contributed by atoms with Gasteiger partial charge in [-0.2, -0.15) is 5.26 Å². The predicted octanol–water partition coefficient (Wildman–Crippen LogP) is 3.02. The molecule has 25 heavy (non-hydrogen) atoms. The van der Waals surface area contributed by atoms with E-state index in [1.54, 1.807) is 0 Å². The van der Waals surface area contributed by atoms with Gasteiger partial charge in [0.25, 0.3) is 0 Å². The van der Waals surface area contributed by atoms with E-state index in [1.165, 1.54) is 32.1 Å². The van der Waals surface area contributed by atoms with Gasteiger partial charge in [0.05, 0.1) is 0 Å². The van der Waals surface area contributed by atoms with Crippen LogP contribution in [0, 0.1) is 11.3 Å². The molecule has 0 amide bonds. The first-order valence-corrected chi connectivity index (χ1v) is 9.26. The van der Waals surface area contributed by atoms with Gasteiger partial charge >= 0.3 is 0 Å². The second-order valence-corrected chi connectivity index (χ2v) is 7.07. The Kier molecular flexibility index (Phi) is 4.66. The normalized spacial score (nSPS) is 21.2. The average molecular weight is 336 g/mol. The van der Waals surface area contributed by atoms with Crippen LogP contribution in [0.3, 0.4) is 0 Å². The molecule has 1 atom stereocenters. The van der Waals surface area contributed by atoms with Crippen molar-refractivity contribution in [3.63, 3.8) is 0 Å². The van der Waals surface area contributed by atoms with Crippen molar-refractivity contribution in [3.8, 4) is 6.07 Å². The number of nitrogens with one attached hydrogen (secondary N) is 3. The zero-order chi connectivity index (χ0) is 17.1. The van der Waals surface area contributed by atoms with E-state index in [0.717, 1.165) is 41.9 Å². The Morgan fingerprint density at radius 2 is 1.92 bits per heavy atom. The van der Waals surface area contributed by atoms with Gasteiger partial charge in [0.2, 0.25) is 0 Å². The molecule has 4 rings (SSSR count). The van der Waals surface area contributed by atoms with E-state index in [-0.39, 0.29) is 0 Å². The van der Waals surface area contributed by atoms with Crippen LogP contribution in [0.1, 0.15) is 44.2 Å². The summed E-state index contributed by atoms with van der Waals surface area (Å²) in [6.07, 6.45) is 9.05. The van der Waals surface area contributed by atoms with E-state index in [0.29, 0.717) is 17.8 Å². The number of nitrogens with zero attached hydrogens (tertiary/aromatic N) is 3. The minimum Gasteiger partial charge on any atom is -0.367 e. The van der Waals surface area contributed by atoms with Gasteiger partial charge in [0, 0.05) is 35.6 Å². The van der Waals surface area contributed by atoms with Gasteiger partial charge in [-0.05, 0) is 44.4 Å². The summed E-state index contributed by atoms with van der Waals surface area (Å²) in [5.41, 5.74) is 0.437. The van der Waals surface area contributed by atoms with Crippen LogP contribution >= 0.6 is 0 Å². The number of anilines is 2. The summed E-state index contributed by atoms with van der Waals surface area (Å²) in [4.78, 5) is 9.08. The number of pyridine rings is 2. The Hall–Kier alpha value is -2.39. The van der Waals surface area contributed by atoms with Gasteiger partial charge in [-0.1, -0.05) is 12.8 Å². The summed E-state index contributed by atoms with van der Waals surface area (Å²) in [7, 11) is 0. The summed E-state index contributed by atoms with van der Waals surface area (Å²) in [6, 6.07) is 6.91. The topological polar surface area (TPSA) is 85.7 Å². The lowest BCUT2D eigenvalue weighted by molar-refractivity contribution is 0.479. The highest BCUT2D eigenvalue weighted by Gasteiger charge is 2.18. The van der Waals surface area contributed by atoms with Crippen molar-refractivity contribution >= 4 is 22.4 Å². The Labute approximate surface area is 148 Å². The van der Waals surface area contributed by atoms with Crippen molar-refractivity contribution < 1.29 is 0 Å². The molecule has 2 aliphatic rings. The fourth-order valence-electron chi connectivity index (χ4n) is 3.84. The standard InChI is InChI=1S/C19H24N6/c20-10-16-8-13-11-22-18(23-15-6-3-7-21-12-15)9-17(13)19(25-16)24-14-4-1-2-5-14/h8-9,11,14-15,21H,1-7,12H2,(H,22,23)(H,24,25). The van der Waals surface area contributed by atoms with E-state index in [9.17, 15) is 5.26 Å². The Balaban J connectivity index is 1.65. The maximum absolute atomic E-state index is 9.27. The molecule has 0 spiro atoms. The molecular weight excluding hydrogens is 312 g/mol. The monoisotopic (exact) mass is 336 g/mol. The van der Waals surface area contributed by atoms with Crippen LogP contribution in [0.2, 0.25) is 0 Å². The predicted molar refractivity (Wildman–Crippen MR) is 99.6 cm³/mol. The first-order chi connectivity index (χ1) is 12.3. The average Bonchev–Trinajstić information content (AvgIpc) is 3.16. The Morgan fingerprint density at radius 1 is 1.08 bits per heavy atom. The van der Waals surface area contributed by atoms with Crippen molar-refractivity contribution in [3.05, 3.63) is 24.0 Å². The molecule has 130 valence electrons. The number of fused-ring (bicyclic) bond motifs is 1. The lowest BCUT2D eigenvalue weighted by Crippen LogP contribution is -2.38. The van der Waals surface area contributed by atoms with Crippen molar-refractivity contribution in [1.82, 2.24) is 15.3 Å². The van der Waals surface area contributed by atoms with Gasteiger partial charge in [0.1, 0.15) is 23.4 Å². The minimum atomic E-state index is 0.413. The largest absolute Gasteiger partial charge is 0.367 e. The third kappa shape index (κ3) is 3.67. The molecule has 1 saturated carbocycles. The van der Waals surface area contributed by atoms with E-state index < -0.39 is 0 Å². The zero-order valence-corrected chi connectivity index (χ0v) is 14.4. The number of nitriles is 1. The molecule has 1 aliphatic carbocycles. The Morgan fingerprint density at radius 3 is 2.68 bits per heavy atom. The summed E-state index contributed by atoms with van der Waals surface area (Å²) < 4.78 is 0. The second kappa shape index (κ2) is 7.24. The van der Waals surface area contributed by atoms with Crippen molar-refractivity contribution in [2.75, 3.05) is 23.7 Å². The van der Waals surface area contributed by atoms with E-state index in [1.807, 2.05) is 12.3 Å². The zero-order valence-electron chi connectivity index (χ0n) is 14.4. The molecule has 0 bridgehead atoms. The molecule has 0 aromatic carbocycles. The number of aromatic nitrogens is 2. The lowest BCUT2D eigenvalue weighted by atomic mass is 10.1. The highest BCUT2D eigenvalue weighted by molar-refractivity contribution is 5.93. The van der Waals surface area contributed by atoms with Crippen molar-refractivity contribution in [1.29, 1.82) is 5.26 Å². The highest BCUT2D eigenvalue weighted by Crippen LogP contribution is 2.28. The van der Waals surface area contributed by atoms with E-state index in [4.69, 9.17) is 0 Å². The first kappa shape index (κ1) is 16.1. The smallest absolute Gasteiger partial charge is 0.143 e. The van der Waals surface area contributed by atoms with Crippen molar-refractivity contribution in [2.24, 2.45) is 0 Å². The van der Waals surface area contributed by atoms with Crippen LogP contribution in [0.5, 0.6) is 0 Å². The molecule has 3 heterocycles. The second-order valence-electron chi connectivity index (χ2n) is 7.07. The molecule has 2 aromatic heterocycles. The molecule has 1 aliphatic heterocycles. The van der Waals surface area contributed by atoms with Crippen LogP contribution in [0.4, 0.5) is 11.6 Å². The van der Waals surface area contributed by atoms with Gasteiger partial charge in [-0.3, -0.25) is 0 Å². The molecule has 1 saturated heterocycles. The summed E-state index contributed by atoms with van der Waals surface area (Å²) in [6.45, 7) is 2.07. The number of piperidine rings is 1. The minimum absolute atomic E-state index is 0.413. The van der Waals surface area contributed by atoms with Crippen LogP contribution in [-0.4, -0.2) is 35.1 Å². The fraction of sp³-hybridized carbons (Fsp3) is 0.526. The summed E-state index contributed by atoms with van der Waals surface area (Å²) >= 11 is 0. The fourth-order valence-corrected chi connectivity index (χ4v) is 3.84. The lowest BCUT2D eigenvalue weighted by Gasteiger charge is -2.24. The van der Waals surface area contributed by atoms with Gasteiger partial charge in [-0.25, -0.2) is 9.97 Å². The van der Waals surface area contributed by atoms with Gasteiger partial charge in [-0.15, -0.1) is 0 Å². The maximum atomic E-state index is 9.27. The van der Waals surface area contributed by atoms with E-state index in [2.05, 4.69) is 38.1 Å². The van der Waals surface area contributed by atoms with Crippen LogP contribution in [-0.2, 0) is 0 Å². The Bertz CT molecular complexity index is 784. The summed E-state index contributed by atoms with van der Waals surface area (Å²) in [5.74, 6) is 1.69. The van der Waals surface area contributed by atoms with Gasteiger partial charge in [0.15, 0.2) is 0 Å². The quantitative estimate of drug-likeness (QED) is 0.796. The van der Waals surface area contributed by atoms with Crippen LogP contribution in [0.25, 0.3) is 10.8 Å². The van der Waals surface area contributed by atoms with Crippen LogP contribution < -0.4 is 16.0 Å². The molecular formula is C19H24N6. The maximum Gasteiger partial charge on any atom is 0.143 e. The van der Waals surface area contributed by atoms with Crippen LogP contribution in [0.15, 0.2) is 18.3 Å². The molecule has 6 nitrogen and oxygen atoms in total. The van der Waals surface area contributed by atoms with E-state index >= 15 is 0 Å². The SMILES string of the molecule is N#Cc1cc2cnc(NC3CCCNC3)cc2c(NC2CCCC2)n1. The molecule has 0 radical (unpaired) electrons. The highest BCUT2D eigenvalue weighted by atomic mass is 15.1. The third-order valence-electron chi connectivity index (χ3n) is 5.17. The molecule has 2 fully saturated rings. The number of hydrogen-bond donors (Lipinski definition) is 3. The third-order valence-corrected chi connectivity index (χ3v) is 5.17. The number of rotatable bonds is 4. The molecule has 2 aromatic rings. The van der Waals surface area contributed by atoms with Gasteiger partial charge < -0.3 is 16.0 Å². The summed E-state index contributed by atoms with van der Waals surface area (Å²) in [5, 5.41) is 21.8. The first-order valence-electron chi connectivity index (χ1n) is 9.26. The van der Waals surface area contributed by atoms with Crippen molar-refractivity contribution in [2.45, 2.75) is 50.6 Å². The molecule has 3 N–H and O–H groups in total. The molecule has 1 unspecified atom stereocenters. The number of hydrogen-bond acceptors (Lipinski definition) is 6.